The molecule has 0 saturated heterocycles. The summed E-state index contributed by atoms with van der Waals surface area (Å²) in [5.41, 5.74) is 0.518. The van der Waals surface area contributed by atoms with E-state index >= 15 is 0 Å². The van der Waals surface area contributed by atoms with E-state index in [0.29, 0.717) is 21.5 Å². The van der Waals surface area contributed by atoms with Crippen LogP contribution >= 0.6 is 15.9 Å². The lowest BCUT2D eigenvalue weighted by Crippen LogP contribution is -2.01. The molecule has 0 aromatic heterocycles. The number of ether oxygens (including phenoxy) is 2. The Labute approximate surface area is 110 Å². The first-order valence-corrected chi connectivity index (χ1v) is 6.06. The topological polar surface area (TPSA) is 35.5 Å². The predicted molar refractivity (Wildman–Crippen MR) is 71.0 cm³/mol. The highest BCUT2D eigenvalue weighted by Crippen LogP contribution is 2.37. The van der Waals surface area contributed by atoms with Gasteiger partial charge < -0.3 is 9.47 Å². The molecule has 0 bridgehead atoms. The second-order valence-corrected chi connectivity index (χ2v) is 4.13. The molecule has 0 aliphatic rings. The molecule has 1 aromatic carbocycles. The van der Waals surface area contributed by atoms with Gasteiger partial charge in [-0.25, -0.2) is 0 Å². The van der Waals surface area contributed by atoms with E-state index in [0.717, 1.165) is 6.42 Å². The molecule has 1 rings (SSSR count). The summed E-state index contributed by atoms with van der Waals surface area (Å²) in [7, 11) is 3.10. The Hall–Kier alpha value is -1.29. The van der Waals surface area contributed by atoms with Gasteiger partial charge in [-0.15, -0.1) is 0 Å². The number of methoxy groups -OCH3 is 2. The molecule has 0 amide bonds. The Morgan fingerprint density at radius 3 is 2.59 bits per heavy atom. The smallest absolute Gasteiger partial charge is 0.189 e. The van der Waals surface area contributed by atoms with Gasteiger partial charge >= 0.3 is 0 Å². The van der Waals surface area contributed by atoms with Crippen LogP contribution in [0, 0.1) is 0 Å². The monoisotopic (exact) mass is 298 g/mol. The molecule has 0 aliphatic carbocycles. The number of hydrogen-bond donors (Lipinski definition) is 0. The molecule has 0 saturated carbocycles. The summed E-state index contributed by atoms with van der Waals surface area (Å²) in [6, 6.07) is 3.43. The first-order chi connectivity index (χ1) is 8.15. The average molecular weight is 299 g/mol. The van der Waals surface area contributed by atoms with Crippen LogP contribution in [0.3, 0.4) is 0 Å². The number of ketones is 1. The van der Waals surface area contributed by atoms with Crippen LogP contribution in [-0.2, 0) is 0 Å². The quantitative estimate of drug-likeness (QED) is 0.615. The maximum Gasteiger partial charge on any atom is 0.189 e. The Morgan fingerprint density at radius 2 is 2.06 bits per heavy atom. The molecule has 3 nitrogen and oxygen atoms in total. The molecule has 1 aromatic rings. The lowest BCUT2D eigenvalue weighted by molar-refractivity contribution is 0.104. The van der Waals surface area contributed by atoms with Crippen LogP contribution in [0.25, 0.3) is 0 Å². The van der Waals surface area contributed by atoms with Crippen LogP contribution in [0.15, 0.2) is 28.8 Å². The van der Waals surface area contributed by atoms with Crippen molar-refractivity contribution in [2.45, 2.75) is 13.3 Å². The zero-order chi connectivity index (χ0) is 12.8. The van der Waals surface area contributed by atoms with E-state index in [1.54, 1.807) is 25.3 Å². The summed E-state index contributed by atoms with van der Waals surface area (Å²) in [5.74, 6) is 1.06. The SMILES string of the molecule is CC/C=C/C(=O)c1ccc(OC)c(Br)c1OC. The minimum Gasteiger partial charge on any atom is -0.495 e. The first-order valence-electron chi connectivity index (χ1n) is 5.27. The van der Waals surface area contributed by atoms with Crippen LogP contribution < -0.4 is 9.47 Å². The van der Waals surface area contributed by atoms with Gasteiger partial charge in [0, 0.05) is 0 Å². The molecule has 0 aliphatic heterocycles. The van der Waals surface area contributed by atoms with E-state index in [9.17, 15) is 4.79 Å². The van der Waals surface area contributed by atoms with Crippen molar-refractivity contribution in [2.75, 3.05) is 14.2 Å². The van der Waals surface area contributed by atoms with Crippen LogP contribution in [0.1, 0.15) is 23.7 Å². The first kappa shape index (κ1) is 13.8. The third-order valence-corrected chi connectivity index (χ3v) is 3.01. The van der Waals surface area contributed by atoms with Crippen molar-refractivity contribution in [1.82, 2.24) is 0 Å². The van der Waals surface area contributed by atoms with E-state index in [1.807, 2.05) is 13.0 Å². The zero-order valence-corrected chi connectivity index (χ0v) is 11.7. The van der Waals surface area contributed by atoms with Crippen molar-refractivity contribution < 1.29 is 14.3 Å². The largest absolute Gasteiger partial charge is 0.495 e. The number of hydrogen-bond acceptors (Lipinski definition) is 3. The molecule has 0 radical (unpaired) electrons. The molecule has 0 N–H and O–H groups in total. The predicted octanol–water partition coefficient (Wildman–Crippen LogP) is 3.62. The maximum atomic E-state index is 11.9. The molecule has 17 heavy (non-hydrogen) atoms. The van der Waals surface area contributed by atoms with Gasteiger partial charge in [-0.05, 0) is 40.6 Å². The number of carbonyl (C=O) groups excluding carboxylic acids is 1. The molecule has 4 heteroatoms. The summed E-state index contributed by atoms with van der Waals surface area (Å²) >= 11 is 3.36. The zero-order valence-electron chi connectivity index (χ0n) is 10.1. The van der Waals surface area contributed by atoms with E-state index in [4.69, 9.17) is 9.47 Å². The van der Waals surface area contributed by atoms with Crippen molar-refractivity contribution >= 4 is 21.7 Å². The highest BCUT2D eigenvalue weighted by atomic mass is 79.9. The van der Waals surface area contributed by atoms with Gasteiger partial charge in [0.25, 0.3) is 0 Å². The number of rotatable bonds is 5. The third-order valence-electron chi connectivity index (χ3n) is 2.26. The standard InChI is InChI=1S/C13H15BrO3/c1-4-5-6-10(15)9-7-8-11(16-2)12(14)13(9)17-3/h5-8H,4H2,1-3H3/b6-5+. The third kappa shape index (κ3) is 3.09. The van der Waals surface area contributed by atoms with Gasteiger partial charge in [-0.2, -0.15) is 0 Å². The molecule has 0 heterocycles. The van der Waals surface area contributed by atoms with Crippen molar-refractivity contribution in [3.05, 3.63) is 34.3 Å². The van der Waals surface area contributed by atoms with Gasteiger partial charge in [0.05, 0.1) is 19.8 Å². The van der Waals surface area contributed by atoms with Crippen LogP contribution in [0.2, 0.25) is 0 Å². The summed E-state index contributed by atoms with van der Waals surface area (Å²) in [4.78, 5) is 11.9. The van der Waals surface area contributed by atoms with Gasteiger partial charge in [-0.1, -0.05) is 13.0 Å². The Morgan fingerprint density at radius 1 is 1.35 bits per heavy atom. The molecule has 0 unspecified atom stereocenters. The Kier molecular flexibility index (Phi) is 5.22. The van der Waals surface area contributed by atoms with Crippen molar-refractivity contribution in [3.8, 4) is 11.5 Å². The minimum absolute atomic E-state index is 0.0768. The fourth-order valence-corrected chi connectivity index (χ4v) is 2.07. The van der Waals surface area contributed by atoms with Gasteiger partial charge in [0.15, 0.2) is 5.78 Å². The van der Waals surface area contributed by atoms with Gasteiger partial charge in [0.1, 0.15) is 16.0 Å². The van der Waals surface area contributed by atoms with Crippen LogP contribution in [-0.4, -0.2) is 20.0 Å². The van der Waals surface area contributed by atoms with Gasteiger partial charge in [-0.3, -0.25) is 4.79 Å². The van der Waals surface area contributed by atoms with Crippen LogP contribution in [0.4, 0.5) is 0 Å². The Balaban J connectivity index is 3.21. The summed E-state index contributed by atoms with van der Waals surface area (Å²) < 4.78 is 11.0. The minimum atomic E-state index is -0.0768. The molecule has 0 atom stereocenters. The molecule has 0 spiro atoms. The lowest BCUT2D eigenvalue weighted by atomic mass is 10.1. The van der Waals surface area contributed by atoms with Crippen molar-refractivity contribution in [1.29, 1.82) is 0 Å². The number of carbonyl (C=O) groups is 1. The Bertz CT molecular complexity index is 439. The summed E-state index contributed by atoms with van der Waals surface area (Å²) in [6.45, 7) is 1.98. The highest BCUT2D eigenvalue weighted by molar-refractivity contribution is 9.10. The maximum absolute atomic E-state index is 11.9. The van der Waals surface area contributed by atoms with Crippen molar-refractivity contribution in [3.63, 3.8) is 0 Å². The number of halogens is 1. The van der Waals surface area contributed by atoms with Crippen LogP contribution in [0.5, 0.6) is 11.5 Å². The van der Waals surface area contributed by atoms with Gasteiger partial charge in [0.2, 0.25) is 0 Å². The molecule has 92 valence electrons. The molecular formula is C13H15BrO3. The second-order valence-electron chi connectivity index (χ2n) is 3.34. The van der Waals surface area contributed by atoms with E-state index < -0.39 is 0 Å². The molecule has 0 fully saturated rings. The lowest BCUT2D eigenvalue weighted by Gasteiger charge is -2.11. The van der Waals surface area contributed by atoms with E-state index in [2.05, 4.69) is 15.9 Å². The summed E-state index contributed by atoms with van der Waals surface area (Å²) in [6.07, 6.45) is 4.20. The fourth-order valence-electron chi connectivity index (χ4n) is 1.40. The van der Waals surface area contributed by atoms with Crippen molar-refractivity contribution in [2.24, 2.45) is 0 Å². The summed E-state index contributed by atoms with van der Waals surface area (Å²) in [5, 5.41) is 0. The highest BCUT2D eigenvalue weighted by Gasteiger charge is 2.16. The average Bonchev–Trinajstić information content (AvgIpc) is 2.35. The number of allylic oxidation sites excluding steroid dienone is 2. The van der Waals surface area contributed by atoms with E-state index in [1.165, 1.54) is 7.11 Å². The second kappa shape index (κ2) is 6.45. The molecular weight excluding hydrogens is 284 g/mol. The van der Waals surface area contributed by atoms with E-state index in [-0.39, 0.29) is 5.78 Å². The normalized spacial score (nSPS) is 10.6. The fraction of sp³-hybridized carbons (Fsp3) is 0.308. The number of benzene rings is 1.